The van der Waals surface area contributed by atoms with Crippen LogP contribution >= 0.6 is 0 Å². The summed E-state index contributed by atoms with van der Waals surface area (Å²) in [6.07, 6.45) is 16.1. The number of halogens is 2. The highest BCUT2D eigenvalue weighted by Crippen LogP contribution is 2.48. The van der Waals surface area contributed by atoms with Crippen LogP contribution in [0.25, 0.3) is 0 Å². The molecule has 0 bridgehead atoms. The average molecular weight is 417 g/mol. The van der Waals surface area contributed by atoms with Gasteiger partial charge in [-0.15, -0.1) is 6.58 Å². The SMILES string of the molecule is C=CC1CCC(C2CCC(C3CCC(c4ccc(OCC)c(F)c4F)CC3)CC2)C1. The van der Waals surface area contributed by atoms with Crippen molar-refractivity contribution >= 4 is 0 Å². The van der Waals surface area contributed by atoms with Crippen LogP contribution in [0, 0.1) is 41.2 Å². The number of benzene rings is 1. The molecule has 166 valence electrons. The van der Waals surface area contributed by atoms with Crippen molar-refractivity contribution in [3.05, 3.63) is 42.0 Å². The lowest BCUT2D eigenvalue weighted by Crippen LogP contribution is -2.27. The maximum atomic E-state index is 14.6. The van der Waals surface area contributed by atoms with Crippen LogP contribution in [-0.2, 0) is 0 Å². The molecular formula is C27H38F2O. The molecule has 3 aliphatic carbocycles. The minimum Gasteiger partial charge on any atom is -0.491 e. The molecule has 4 rings (SSSR count). The lowest BCUT2D eigenvalue weighted by atomic mass is 9.66. The first kappa shape index (κ1) is 21.8. The Morgan fingerprint density at radius 3 is 1.97 bits per heavy atom. The summed E-state index contributed by atoms with van der Waals surface area (Å²) in [5.41, 5.74) is 0.552. The zero-order valence-electron chi connectivity index (χ0n) is 18.6. The molecule has 0 radical (unpaired) electrons. The molecule has 1 aromatic carbocycles. The summed E-state index contributed by atoms with van der Waals surface area (Å²) in [4.78, 5) is 0. The first-order valence-corrected chi connectivity index (χ1v) is 12.3. The number of allylic oxidation sites excluding steroid dienone is 1. The molecule has 0 amide bonds. The molecule has 1 nitrogen and oxygen atoms in total. The third-order valence-electron chi connectivity index (χ3n) is 8.59. The Morgan fingerprint density at radius 2 is 1.40 bits per heavy atom. The van der Waals surface area contributed by atoms with Gasteiger partial charge in [-0.3, -0.25) is 0 Å². The van der Waals surface area contributed by atoms with E-state index in [1.807, 2.05) is 0 Å². The van der Waals surface area contributed by atoms with Crippen molar-refractivity contribution in [2.45, 2.75) is 83.5 Å². The van der Waals surface area contributed by atoms with E-state index in [9.17, 15) is 8.78 Å². The number of hydrogen-bond donors (Lipinski definition) is 0. The highest BCUT2D eigenvalue weighted by atomic mass is 19.2. The summed E-state index contributed by atoms with van der Waals surface area (Å²) in [5, 5.41) is 0. The number of hydrogen-bond acceptors (Lipinski definition) is 1. The van der Waals surface area contributed by atoms with Crippen molar-refractivity contribution in [1.82, 2.24) is 0 Å². The molecule has 0 heterocycles. The Hall–Kier alpha value is -1.38. The van der Waals surface area contributed by atoms with E-state index in [0.717, 1.165) is 55.3 Å². The van der Waals surface area contributed by atoms with Crippen LogP contribution < -0.4 is 4.74 Å². The molecule has 3 heteroatoms. The lowest BCUT2D eigenvalue weighted by Gasteiger charge is -2.39. The van der Waals surface area contributed by atoms with E-state index in [2.05, 4.69) is 12.7 Å². The summed E-state index contributed by atoms with van der Waals surface area (Å²) in [6.45, 7) is 6.13. The van der Waals surface area contributed by atoms with Crippen LogP contribution in [0.15, 0.2) is 24.8 Å². The minimum absolute atomic E-state index is 0.0332. The standard InChI is InChI=1S/C27H38F2O/c1-3-18-5-6-23(17-18)21-9-7-19(8-10-21)20-11-13-22(14-12-20)24-15-16-25(30-4-2)27(29)26(24)28/h3,15-16,18-23H,1,4-14,17H2,2H3. The zero-order valence-corrected chi connectivity index (χ0v) is 18.6. The predicted molar refractivity (Wildman–Crippen MR) is 119 cm³/mol. The van der Waals surface area contributed by atoms with Crippen molar-refractivity contribution in [2.24, 2.45) is 29.6 Å². The van der Waals surface area contributed by atoms with Crippen LogP contribution in [0.2, 0.25) is 0 Å². The van der Waals surface area contributed by atoms with Crippen LogP contribution in [0.3, 0.4) is 0 Å². The van der Waals surface area contributed by atoms with Gasteiger partial charge in [0.25, 0.3) is 0 Å². The first-order valence-electron chi connectivity index (χ1n) is 12.3. The highest BCUT2D eigenvalue weighted by Gasteiger charge is 2.36. The van der Waals surface area contributed by atoms with Gasteiger partial charge in [-0.1, -0.05) is 12.1 Å². The Kier molecular flexibility index (Phi) is 7.16. The Labute approximate surface area is 181 Å². The van der Waals surface area contributed by atoms with Crippen molar-refractivity contribution < 1.29 is 13.5 Å². The lowest BCUT2D eigenvalue weighted by molar-refractivity contribution is 0.134. The van der Waals surface area contributed by atoms with Crippen LogP contribution in [0.1, 0.15) is 89.0 Å². The van der Waals surface area contributed by atoms with Crippen LogP contribution in [-0.4, -0.2) is 6.61 Å². The van der Waals surface area contributed by atoms with E-state index >= 15 is 0 Å². The minimum atomic E-state index is -0.819. The quantitative estimate of drug-likeness (QED) is 0.426. The van der Waals surface area contributed by atoms with Gasteiger partial charge in [0, 0.05) is 0 Å². The molecule has 0 spiro atoms. The van der Waals surface area contributed by atoms with E-state index in [1.165, 1.54) is 44.9 Å². The molecule has 2 atom stereocenters. The Bertz CT molecular complexity index is 714. The predicted octanol–water partition coefficient (Wildman–Crippen LogP) is 8.05. The number of rotatable bonds is 6. The van der Waals surface area contributed by atoms with Crippen molar-refractivity contribution in [1.29, 1.82) is 0 Å². The van der Waals surface area contributed by atoms with Gasteiger partial charge < -0.3 is 4.74 Å². The van der Waals surface area contributed by atoms with Gasteiger partial charge in [0.15, 0.2) is 11.6 Å². The second-order valence-electron chi connectivity index (χ2n) is 10.1. The van der Waals surface area contributed by atoms with Gasteiger partial charge in [0.2, 0.25) is 5.82 Å². The van der Waals surface area contributed by atoms with Gasteiger partial charge in [-0.25, -0.2) is 4.39 Å². The van der Waals surface area contributed by atoms with E-state index in [4.69, 9.17) is 4.74 Å². The Morgan fingerprint density at radius 1 is 0.833 bits per heavy atom. The third kappa shape index (κ3) is 4.60. The molecule has 3 aliphatic rings. The highest BCUT2D eigenvalue weighted by molar-refractivity contribution is 5.33. The van der Waals surface area contributed by atoms with Crippen molar-refractivity contribution in [3.63, 3.8) is 0 Å². The van der Waals surface area contributed by atoms with Gasteiger partial charge in [-0.05, 0) is 125 Å². The van der Waals surface area contributed by atoms with Crippen LogP contribution in [0.5, 0.6) is 5.75 Å². The van der Waals surface area contributed by atoms with Gasteiger partial charge >= 0.3 is 0 Å². The van der Waals surface area contributed by atoms with Gasteiger partial charge in [-0.2, -0.15) is 4.39 Å². The molecule has 0 saturated heterocycles. The van der Waals surface area contributed by atoms with E-state index in [1.54, 1.807) is 19.1 Å². The smallest absolute Gasteiger partial charge is 0.200 e. The molecule has 3 saturated carbocycles. The van der Waals surface area contributed by atoms with E-state index in [-0.39, 0.29) is 11.7 Å². The first-order chi connectivity index (χ1) is 14.6. The maximum absolute atomic E-state index is 14.6. The van der Waals surface area contributed by atoms with Crippen LogP contribution in [0.4, 0.5) is 8.78 Å². The summed E-state index contributed by atoms with van der Waals surface area (Å²) >= 11 is 0. The second-order valence-corrected chi connectivity index (χ2v) is 10.1. The summed E-state index contributed by atoms with van der Waals surface area (Å²) in [6, 6.07) is 3.35. The fourth-order valence-electron chi connectivity index (χ4n) is 6.81. The molecule has 0 N–H and O–H groups in total. The van der Waals surface area contributed by atoms with Gasteiger partial charge in [0.05, 0.1) is 6.61 Å². The normalized spacial score (nSPS) is 34.6. The molecular weight excluding hydrogens is 378 g/mol. The van der Waals surface area contributed by atoms with Crippen molar-refractivity contribution in [3.8, 4) is 5.75 Å². The van der Waals surface area contributed by atoms with E-state index in [0.29, 0.717) is 12.2 Å². The number of ether oxygens (including phenoxy) is 1. The largest absolute Gasteiger partial charge is 0.491 e. The molecule has 30 heavy (non-hydrogen) atoms. The van der Waals surface area contributed by atoms with E-state index < -0.39 is 11.6 Å². The van der Waals surface area contributed by atoms with Gasteiger partial charge in [0.1, 0.15) is 0 Å². The molecule has 1 aromatic rings. The zero-order chi connectivity index (χ0) is 21.1. The fourth-order valence-corrected chi connectivity index (χ4v) is 6.81. The summed E-state index contributed by atoms with van der Waals surface area (Å²) < 4.78 is 34.1. The second kappa shape index (κ2) is 9.83. The van der Waals surface area contributed by atoms with Crippen molar-refractivity contribution in [2.75, 3.05) is 6.61 Å². The maximum Gasteiger partial charge on any atom is 0.200 e. The molecule has 0 aromatic heterocycles. The molecule has 3 fully saturated rings. The molecule has 0 aliphatic heterocycles. The average Bonchev–Trinajstić information content (AvgIpc) is 3.27. The summed E-state index contributed by atoms with van der Waals surface area (Å²) in [5.74, 6) is 2.92. The summed E-state index contributed by atoms with van der Waals surface area (Å²) in [7, 11) is 0. The Balaban J connectivity index is 1.27. The molecule has 2 unspecified atom stereocenters. The monoisotopic (exact) mass is 416 g/mol. The fraction of sp³-hybridized carbons (Fsp3) is 0.704. The topological polar surface area (TPSA) is 9.23 Å². The third-order valence-corrected chi connectivity index (χ3v) is 8.59.